The monoisotopic (exact) mass is 447 g/mol. The minimum absolute atomic E-state index is 0.205. The smallest absolute Gasteiger partial charge is 0.341 e. The molecule has 9 heteroatoms. The number of carboxylic acids is 1. The van der Waals surface area contributed by atoms with Gasteiger partial charge in [-0.25, -0.2) is 4.79 Å². The van der Waals surface area contributed by atoms with E-state index in [2.05, 4.69) is 15.3 Å². The van der Waals surface area contributed by atoms with Gasteiger partial charge in [0.15, 0.2) is 6.61 Å². The van der Waals surface area contributed by atoms with Gasteiger partial charge in [0, 0.05) is 28.2 Å². The summed E-state index contributed by atoms with van der Waals surface area (Å²) < 4.78 is 10.5. The third-order valence-corrected chi connectivity index (χ3v) is 4.68. The van der Waals surface area contributed by atoms with Crippen LogP contribution in [0.15, 0.2) is 48.5 Å². The largest absolute Gasteiger partial charge is 0.482 e. The third kappa shape index (κ3) is 5.98. The molecule has 1 aromatic heterocycles. The van der Waals surface area contributed by atoms with Crippen LogP contribution in [0.3, 0.4) is 0 Å². The molecule has 3 rings (SSSR count). The van der Waals surface area contributed by atoms with E-state index in [1.54, 1.807) is 36.4 Å². The first-order valence-electron chi connectivity index (χ1n) is 9.00. The zero-order valence-corrected chi connectivity index (χ0v) is 17.6. The number of nitrogens with one attached hydrogen (secondary N) is 1. The van der Waals surface area contributed by atoms with Crippen LogP contribution in [-0.4, -0.2) is 41.3 Å². The summed E-state index contributed by atoms with van der Waals surface area (Å²) in [4.78, 5) is 19.4. The summed E-state index contributed by atoms with van der Waals surface area (Å²) in [6, 6.07) is 14.4. The second-order valence-electron chi connectivity index (χ2n) is 6.25. The van der Waals surface area contributed by atoms with Crippen LogP contribution in [0.25, 0.3) is 11.3 Å². The molecule has 0 aliphatic carbocycles. The van der Waals surface area contributed by atoms with Crippen LogP contribution in [0.2, 0.25) is 10.0 Å². The molecule has 0 aliphatic rings. The Morgan fingerprint density at radius 2 is 1.97 bits per heavy atom. The number of aliphatic carboxylic acids is 1. The summed E-state index contributed by atoms with van der Waals surface area (Å²) >= 11 is 12.2. The zero-order chi connectivity index (χ0) is 21.5. The third-order valence-electron chi connectivity index (χ3n) is 4.10. The van der Waals surface area contributed by atoms with Gasteiger partial charge in [-0.1, -0.05) is 41.4 Å². The Morgan fingerprint density at radius 1 is 1.13 bits per heavy atom. The first-order chi connectivity index (χ1) is 14.4. The van der Waals surface area contributed by atoms with Gasteiger partial charge in [0.05, 0.1) is 12.8 Å². The fourth-order valence-corrected chi connectivity index (χ4v) is 3.20. The highest BCUT2D eigenvalue weighted by Gasteiger charge is 2.09. The van der Waals surface area contributed by atoms with E-state index in [1.165, 1.54) is 7.11 Å². The topological polar surface area (TPSA) is 93.6 Å². The van der Waals surface area contributed by atoms with Crippen molar-refractivity contribution in [1.29, 1.82) is 0 Å². The Balaban J connectivity index is 1.75. The average molecular weight is 448 g/mol. The summed E-state index contributed by atoms with van der Waals surface area (Å²) in [5.74, 6) is -0.0328. The summed E-state index contributed by atoms with van der Waals surface area (Å²) in [5.41, 5.74) is 2.31. The molecule has 7 nitrogen and oxygen atoms in total. The second kappa shape index (κ2) is 10.1. The normalized spacial score (nSPS) is 10.5. The molecule has 0 spiro atoms. The molecule has 0 radical (unpaired) electrons. The van der Waals surface area contributed by atoms with Crippen molar-refractivity contribution in [1.82, 2.24) is 9.97 Å². The molecule has 0 saturated heterocycles. The quantitative estimate of drug-likeness (QED) is 0.495. The lowest BCUT2D eigenvalue weighted by molar-refractivity contribution is -0.139. The lowest BCUT2D eigenvalue weighted by Gasteiger charge is -2.11. The number of carbonyl (C=O) groups is 1. The average Bonchev–Trinajstić information content (AvgIpc) is 2.74. The predicted molar refractivity (Wildman–Crippen MR) is 116 cm³/mol. The van der Waals surface area contributed by atoms with Crippen LogP contribution in [0.1, 0.15) is 5.56 Å². The highest BCUT2D eigenvalue weighted by Crippen LogP contribution is 2.26. The SMILES string of the molecule is COc1nc(NCCc2ccc(Cl)cc2Cl)cc(-c2cccc(OCC(=O)O)c2)n1. The Hall–Kier alpha value is -3.03. The van der Waals surface area contributed by atoms with Crippen LogP contribution < -0.4 is 14.8 Å². The van der Waals surface area contributed by atoms with Crippen molar-refractivity contribution in [2.75, 3.05) is 25.6 Å². The van der Waals surface area contributed by atoms with E-state index in [4.69, 9.17) is 37.8 Å². The van der Waals surface area contributed by atoms with E-state index >= 15 is 0 Å². The van der Waals surface area contributed by atoms with Gasteiger partial charge < -0.3 is 19.9 Å². The number of benzene rings is 2. The molecule has 1 heterocycles. The lowest BCUT2D eigenvalue weighted by atomic mass is 10.1. The van der Waals surface area contributed by atoms with E-state index in [1.807, 2.05) is 12.1 Å². The maximum Gasteiger partial charge on any atom is 0.341 e. The van der Waals surface area contributed by atoms with Crippen molar-refractivity contribution in [2.45, 2.75) is 6.42 Å². The van der Waals surface area contributed by atoms with Crippen molar-refractivity contribution in [3.63, 3.8) is 0 Å². The fourth-order valence-electron chi connectivity index (χ4n) is 2.69. The first-order valence-corrected chi connectivity index (χ1v) is 9.76. The number of carboxylic acid groups (broad SMARTS) is 1. The van der Waals surface area contributed by atoms with E-state index in [-0.39, 0.29) is 6.01 Å². The van der Waals surface area contributed by atoms with E-state index in [9.17, 15) is 4.79 Å². The van der Waals surface area contributed by atoms with Gasteiger partial charge in [-0.2, -0.15) is 9.97 Å². The molecule has 0 saturated carbocycles. The Kier molecular flexibility index (Phi) is 7.32. The van der Waals surface area contributed by atoms with Crippen LogP contribution >= 0.6 is 23.2 Å². The standard InChI is InChI=1S/C21H19Cl2N3O4/c1-29-21-25-18(14-3-2-4-16(9-14)30-12-20(27)28)11-19(26-21)24-8-7-13-5-6-15(22)10-17(13)23/h2-6,9-11H,7-8,12H2,1H3,(H,27,28)(H,24,25,26). The molecule has 0 amide bonds. The molecular formula is C21H19Cl2N3O4. The van der Waals surface area contributed by atoms with Gasteiger partial charge in [-0.05, 0) is 36.2 Å². The van der Waals surface area contributed by atoms with Gasteiger partial charge in [0.25, 0.3) is 0 Å². The molecule has 0 aliphatic heterocycles. The Morgan fingerprint density at radius 3 is 2.70 bits per heavy atom. The number of hydrogen-bond acceptors (Lipinski definition) is 6. The van der Waals surface area contributed by atoms with Crippen molar-refractivity contribution >= 4 is 35.0 Å². The van der Waals surface area contributed by atoms with Gasteiger partial charge in [-0.3, -0.25) is 0 Å². The predicted octanol–water partition coefficient (Wildman–Crippen LogP) is 4.58. The highest BCUT2D eigenvalue weighted by molar-refractivity contribution is 6.35. The van der Waals surface area contributed by atoms with Crippen molar-refractivity contribution in [3.8, 4) is 23.0 Å². The van der Waals surface area contributed by atoms with E-state index in [0.29, 0.717) is 40.3 Å². The minimum Gasteiger partial charge on any atom is -0.482 e. The molecule has 0 unspecified atom stereocenters. The molecular weight excluding hydrogens is 429 g/mol. The fraction of sp³-hybridized carbons (Fsp3) is 0.190. The van der Waals surface area contributed by atoms with Gasteiger partial charge in [0.2, 0.25) is 0 Å². The molecule has 0 atom stereocenters. The molecule has 30 heavy (non-hydrogen) atoms. The molecule has 0 fully saturated rings. The number of rotatable bonds is 9. The summed E-state index contributed by atoms with van der Waals surface area (Å²) in [5, 5.41) is 13.2. The number of nitrogens with zero attached hydrogens (tertiary/aromatic N) is 2. The van der Waals surface area contributed by atoms with Crippen LogP contribution in [0.5, 0.6) is 11.8 Å². The van der Waals surface area contributed by atoms with E-state index < -0.39 is 12.6 Å². The summed E-state index contributed by atoms with van der Waals surface area (Å²) in [6.45, 7) is 0.166. The number of halogens is 2. The maximum atomic E-state index is 10.7. The summed E-state index contributed by atoms with van der Waals surface area (Å²) in [6.07, 6.45) is 0.677. The maximum absolute atomic E-state index is 10.7. The number of aromatic nitrogens is 2. The van der Waals surface area contributed by atoms with Crippen LogP contribution in [0.4, 0.5) is 5.82 Å². The Labute approximate surface area is 183 Å². The van der Waals surface area contributed by atoms with E-state index in [0.717, 1.165) is 11.1 Å². The molecule has 156 valence electrons. The Bertz CT molecular complexity index is 1050. The van der Waals surface area contributed by atoms with Crippen molar-refractivity contribution in [2.24, 2.45) is 0 Å². The lowest BCUT2D eigenvalue weighted by Crippen LogP contribution is -2.09. The minimum atomic E-state index is -1.05. The highest BCUT2D eigenvalue weighted by atomic mass is 35.5. The molecule has 2 N–H and O–H groups in total. The van der Waals surface area contributed by atoms with Crippen LogP contribution in [0, 0.1) is 0 Å². The van der Waals surface area contributed by atoms with Crippen molar-refractivity contribution in [3.05, 3.63) is 64.1 Å². The number of ether oxygens (including phenoxy) is 2. The van der Waals surface area contributed by atoms with Crippen LogP contribution in [-0.2, 0) is 11.2 Å². The van der Waals surface area contributed by atoms with Gasteiger partial charge >= 0.3 is 12.0 Å². The summed E-state index contributed by atoms with van der Waals surface area (Å²) in [7, 11) is 1.49. The second-order valence-corrected chi connectivity index (χ2v) is 7.09. The van der Waals surface area contributed by atoms with Crippen molar-refractivity contribution < 1.29 is 19.4 Å². The van der Waals surface area contributed by atoms with Gasteiger partial charge in [0.1, 0.15) is 11.6 Å². The molecule has 2 aromatic carbocycles. The number of methoxy groups -OCH3 is 1. The number of anilines is 1. The zero-order valence-electron chi connectivity index (χ0n) is 16.1. The first kappa shape index (κ1) is 21.7. The molecule has 0 bridgehead atoms. The number of hydrogen-bond donors (Lipinski definition) is 2. The molecule has 3 aromatic rings. The van der Waals surface area contributed by atoms with Gasteiger partial charge in [-0.15, -0.1) is 0 Å².